The molecule has 1 heterocycles. The minimum atomic E-state index is -1.39. The Bertz CT molecular complexity index is 711. The van der Waals surface area contributed by atoms with Crippen LogP contribution in [0.5, 0.6) is 0 Å². The van der Waals surface area contributed by atoms with E-state index >= 15 is 0 Å². The molecule has 4 heteroatoms. The number of hydrogen-bond donors (Lipinski definition) is 1. The van der Waals surface area contributed by atoms with Crippen molar-refractivity contribution in [2.75, 3.05) is 0 Å². The fraction of sp³-hybridized carbons (Fsp3) is 0.450. The van der Waals surface area contributed by atoms with E-state index in [1.165, 1.54) is 16.7 Å². The predicted octanol–water partition coefficient (Wildman–Crippen LogP) is 4.44. The molecule has 3 nitrogen and oxygen atoms in total. The van der Waals surface area contributed by atoms with Gasteiger partial charge in [-0.2, -0.15) is 0 Å². The molecule has 2 rings (SSSR count). The molecule has 0 aliphatic heterocycles. The topological polar surface area (TPSA) is 56.0 Å². The van der Waals surface area contributed by atoms with Gasteiger partial charge in [0.1, 0.15) is 0 Å². The molecule has 0 saturated carbocycles. The Kier molecular flexibility index (Phi) is 5.94. The molecule has 0 fully saturated rings. The summed E-state index contributed by atoms with van der Waals surface area (Å²) in [6.07, 6.45) is 2.67. The maximum atomic E-state index is 11.9. The van der Waals surface area contributed by atoms with E-state index in [9.17, 15) is 4.21 Å². The second-order valence-electron chi connectivity index (χ2n) is 7.34. The summed E-state index contributed by atoms with van der Waals surface area (Å²) in [7, 11) is -1.39. The lowest BCUT2D eigenvalue weighted by Gasteiger charge is -2.28. The fourth-order valence-electron chi connectivity index (χ4n) is 3.04. The van der Waals surface area contributed by atoms with Crippen LogP contribution >= 0.6 is 0 Å². The van der Waals surface area contributed by atoms with Crippen LogP contribution in [0, 0.1) is 6.92 Å². The van der Waals surface area contributed by atoms with Crippen molar-refractivity contribution in [3.8, 4) is 0 Å². The lowest BCUT2D eigenvalue weighted by atomic mass is 9.86. The summed E-state index contributed by atoms with van der Waals surface area (Å²) in [4.78, 5) is 4.74. The van der Waals surface area contributed by atoms with Crippen LogP contribution in [0.2, 0.25) is 0 Å². The van der Waals surface area contributed by atoms with E-state index in [0.29, 0.717) is 12.3 Å². The van der Waals surface area contributed by atoms with Gasteiger partial charge in [0.25, 0.3) is 0 Å². The first-order valence-electron chi connectivity index (χ1n) is 8.40. The monoisotopic (exact) mass is 344 g/mol. The molecule has 130 valence electrons. The van der Waals surface area contributed by atoms with Crippen molar-refractivity contribution >= 4 is 11.0 Å². The summed E-state index contributed by atoms with van der Waals surface area (Å²) < 4.78 is 11.5. The molecular formula is C20H28N2OS. The summed E-state index contributed by atoms with van der Waals surface area (Å²) in [5.41, 5.74) is 4.72. The van der Waals surface area contributed by atoms with Crippen LogP contribution in [0.3, 0.4) is 0 Å². The zero-order valence-corrected chi connectivity index (χ0v) is 16.1. The van der Waals surface area contributed by atoms with Gasteiger partial charge in [-0.05, 0) is 55.9 Å². The molecule has 1 aromatic heterocycles. The average Bonchev–Trinajstić information content (AvgIpc) is 2.53. The smallest absolute Gasteiger partial charge is 0.0945 e. The van der Waals surface area contributed by atoms with Gasteiger partial charge < -0.3 is 0 Å². The van der Waals surface area contributed by atoms with Gasteiger partial charge in [-0.3, -0.25) is 10.1 Å². The summed E-state index contributed by atoms with van der Waals surface area (Å²) in [5.74, 6) is 0.531. The van der Waals surface area contributed by atoms with Crippen LogP contribution in [0.25, 0.3) is 0 Å². The Hall–Kier alpha value is -1.52. The average molecular weight is 345 g/mol. The Labute approximate surface area is 148 Å². The zero-order chi connectivity index (χ0) is 17.9. The van der Waals surface area contributed by atoms with E-state index in [4.69, 9.17) is 10.1 Å². The highest BCUT2D eigenvalue weighted by Crippen LogP contribution is 2.34. The van der Waals surface area contributed by atoms with E-state index in [0.717, 1.165) is 5.69 Å². The first-order valence-corrected chi connectivity index (χ1v) is 9.61. The van der Waals surface area contributed by atoms with Crippen LogP contribution in [0.4, 0.5) is 0 Å². The van der Waals surface area contributed by atoms with Crippen molar-refractivity contribution in [2.45, 2.75) is 57.6 Å². The summed E-state index contributed by atoms with van der Waals surface area (Å²) in [6.45, 7) is 10.4. The van der Waals surface area contributed by atoms with Crippen molar-refractivity contribution < 1.29 is 4.21 Å². The van der Waals surface area contributed by atoms with Crippen molar-refractivity contribution in [3.05, 3.63) is 65.0 Å². The molecule has 24 heavy (non-hydrogen) atoms. The Morgan fingerprint density at radius 2 is 1.83 bits per heavy atom. The summed E-state index contributed by atoms with van der Waals surface area (Å²) in [6, 6.07) is 12.4. The van der Waals surface area contributed by atoms with Gasteiger partial charge in [0.05, 0.1) is 15.7 Å². The Morgan fingerprint density at radius 3 is 2.33 bits per heavy atom. The summed E-state index contributed by atoms with van der Waals surface area (Å²) >= 11 is 0. The third-order valence-electron chi connectivity index (χ3n) is 4.59. The molecule has 2 aromatic rings. The Morgan fingerprint density at radius 1 is 1.21 bits per heavy atom. The standard InChI is InChI=1S/C20H28N2OS/c1-14(2)18-13-22-19(11-15(18)3)17(12-20(4,5)24(21)23)16-9-7-6-8-10-16/h6-11,13-14,17H,12,21H2,1-5H3/t17-,24?/m0/s1. The van der Waals surface area contributed by atoms with Gasteiger partial charge in [0, 0.05) is 17.8 Å². The van der Waals surface area contributed by atoms with Gasteiger partial charge in [0.2, 0.25) is 0 Å². The van der Waals surface area contributed by atoms with Gasteiger partial charge >= 0.3 is 0 Å². The maximum absolute atomic E-state index is 11.9. The number of aromatic nitrogens is 1. The highest BCUT2D eigenvalue weighted by Gasteiger charge is 2.30. The quantitative estimate of drug-likeness (QED) is 0.842. The molecule has 0 aliphatic carbocycles. The third-order valence-corrected chi connectivity index (χ3v) is 5.85. The number of nitrogens with two attached hydrogens (primary N) is 1. The van der Waals surface area contributed by atoms with Crippen LogP contribution in [0.1, 0.15) is 68.3 Å². The first-order chi connectivity index (χ1) is 11.2. The molecule has 0 amide bonds. The molecule has 1 aromatic carbocycles. The number of aryl methyl sites for hydroxylation is 1. The fourth-order valence-corrected chi connectivity index (χ4v) is 3.37. The van der Waals surface area contributed by atoms with Crippen LogP contribution in [-0.2, 0) is 11.0 Å². The van der Waals surface area contributed by atoms with Crippen LogP contribution in [0.15, 0.2) is 42.6 Å². The molecule has 2 N–H and O–H groups in total. The number of hydrogen-bond acceptors (Lipinski definition) is 2. The van der Waals surface area contributed by atoms with Gasteiger partial charge in [-0.25, -0.2) is 4.21 Å². The number of rotatable bonds is 6. The Balaban J connectivity index is 2.47. The first kappa shape index (κ1) is 18.8. The highest BCUT2D eigenvalue weighted by molar-refractivity contribution is 7.84. The van der Waals surface area contributed by atoms with E-state index in [2.05, 4.69) is 39.0 Å². The molecule has 0 bridgehead atoms. The van der Waals surface area contributed by atoms with E-state index in [-0.39, 0.29) is 5.92 Å². The lowest BCUT2D eigenvalue weighted by molar-refractivity contribution is 0.549. The van der Waals surface area contributed by atoms with E-state index in [1.54, 1.807) is 0 Å². The molecule has 2 atom stereocenters. The van der Waals surface area contributed by atoms with Crippen LogP contribution in [-0.4, -0.2) is 13.9 Å². The van der Waals surface area contributed by atoms with Gasteiger partial charge in [-0.15, -0.1) is 0 Å². The summed E-state index contributed by atoms with van der Waals surface area (Å²) in [5, 5.41) is 5.72. The zero-order valence-electron chi connectivity index (χ0n) is 15.2. The normalized spacial score (nSPS) is 14.6. The van der Waals surface area contributed by atoms with Crippen molar-refractivity contribution in [2.24, 2.45) is 5.14 Å². The second-order valence-corrected chi connectivity index (χ2v) is 9.04. The van der Waals surface area contributed by atoms with Gasteiger partial charge in [0.15, 0.2) is 0 Å². The van der Waals surface area contributed by atoms with Gasteiger partial charge in [-0.1, -0.05) is 44.2 Å². The van der Waals surface area contributed by atoms with E-state index in [1.807, 2.05) is 38.2 Å². The second kappa shape index (κ2) is 7.58. The number of benzene rings is 1. The molecular weight excluding hydrogens is 316 g/mol. The number of nitrogens with zero attached hydrogens (tertiary/aromatic N) is 1. The maximum Gasteiger partial charge on any atom is 0.0945 e. The van der Waals surface area contributed by atoms with Crippen molar-refractivity contribution in [3.63, 3.8) is 0 Å². The largest absolute Gasteiger partial charge is 0.260 e. The van der Waals surface area contributed by atoms with Crippen molar-refractivity contribution in [1.82, 2.24) is 4.98 Å². The third kappa shape index (κ3) is 4.31. The SMILES string of the molecule is Cc1cc([C@@H](CC(C)(C)S(N)=O)c2ccccc2)ncc1C(C)C. The molecule has 1 unspecified atom stereocenters. The van der Waals surface area contributed by atoms with Crippen LogP contribution < -0.4 is 5.14 Å². The minimum absolute atomic E-state index is 0.0774. The highest BCUT2D eigenvalue weighted by atomic mass is 32.2. The van der Waals surface area contributed by atoms with Crippen molar-refractivity contribution in [1.29, 1.82) is 0 Å². The predicted molar refractivity (Wildman–Crippen MR) is 102 cm³/mol. The molecule has 0 spiro atoms. The van der Waals surface area contributed by atoms with E-state index < -0.39 is 15.7 Å². The number of pyridine rings is 1. The molecule has 0 radical (unpaired) electrons. The molecule has 0 saturated heterocycles. The molecule has 0 aliphatic rings. The lowest BCUT2D eigenvalue weighted by Crippen LogP contribution is -2.34. The minimum Gasteiger partial charge on any atom is -0.260 e.